The third-order valence-electron chi connectivity index (χ3n) is 4.91. The normalized spacial score (nSPS) is 22.0. The minimum atomic E-state index is -1.22. The second kappa shape index (κ2) is 7.15. The average Bonchev–Trinajstić information content (AvgIpc) is 2.79. The number of benzene rings is 1. The monoisotopic (exact) mass is 379 g/mol. The van der Waals surface area contributed by atoms with Crippen molar-refractivity contribution in [3.05, 3.63) is 77.6 Å². The maximum absolute atomic E-state index is 11.9. The van der Waals surface area contributed by atoms with E-state index in [-0.39, 0.29) is 11.0 Å². The van der Waals surface area contributed by atoms with E-state index in [4.69, 9.17) is 9.47 Å². The van der Waals surface area contributed by atoms with Crippen molar-refractivity contribution in [1.29, 1.82) is 0 Å². The molecular weight excluding hydrogens is 354 g/mol. The number of cyclic esters (lactones) is 2. The van der Waals surface area contributed by atoms with Crippen LogP contribution in [0.2, 0.25) is 0 Å². The summed E-state index contributed by atoms with van der Waals surface area (Å²) in [6.45, 7) is 7.45. The SMILES string of the molecule is CN1\C(=C/C=C/C=C/C=C2C(=O)OC(C)(C)OC2=O)C(C)(C)c2ccccc21. The lowest BCUT2D eigenvalue weighted by Crippen LogP contribution is -2.41. The van der Waals surface area contributed by atoms with Crippen LogP contribution in [0.25, 0.3) is 0 Å². The highest BCUT2D eigenvalue weighted by atomic mass is 16.7. The van der Waals surface area contributed by atoms with Gasteiger partial charge >= 0.3 is 11.9 Å². The first-order valence-electron chi connectivity index (χ1n) is 9.19. The molecule has 28 heavy (non-hydrogen) atoms. The molecule has 1 aromatic carbocycles. The van der Waals surface area contributed by atoms with Crippen LogP contribution in [0.1, 0.15) is 33.3 Å². The summed E-state index contributed by atoms with van der Waals surface area (Å²) in [5, 5.41) is 0. The summed E-state index contributed by atoms with van der Waals surface area (Å²) in [5.74, 6) is -2.58. The molecule has 0 aliphatic carbocycles. The van der Waals surface area contributed by atoms with Crippen molar-refractivity contribution >= 4 is 17.6 Å². The zero-order chi connectivity index (χ0) is 20.5. The number of fused-ring (bicyclic) bond motifs is 1. The predicted octanol–water partition coefficient (Wildman–Crippen LogP) is 4.17. The number of likely N-dealkylation sites (N-methyl/N-ethyl adjacent to an activating group) is 1. The number of ether oxygens (including phenoxy) is 2. The van der Waals surface area contributed by atoms with Gasteiger partial charge < -0.3 is 14.4 Å². The molecule has 2 aliphatic rings. The van der Waals surface area contributed by atoms with E-state index in [1.807, 2.05) is 18.2 Å². The first kappa shape index (κ1) is 19.7. The number of anilines is 1. The minimum absolute atomic E-state index is 0.0796. The van der Waals surface area contributed by atoms with E-state index in [9.17, 15) is 9.59 Å². The first-order valence-corrected chi connectivity index (χ1v) is 9.19. The van der Waals surface area contributed by atoms with Crippen LogP contribution in [0, 0.1) is 0 Å². The molecule has 1 aromatic rings. The molecule has 146 valence electrons. The molecule has 5 heteroatoms. The second-order valence-corrected chi connectivity index (χ2v) is 7.78. The molecule has 0 unspecified atom stereocenters. The lowest BCUT2D eigenvalue weighted by molar-refractivity contribution is -0.222. The second-order valence-electron chi connectivity index (χ2n) is 7.78. The number of hydrogen-bond acceptors (Lipinski definition) is 5. The third-order valence-corrected chi connectivity index (χ3v) is 4.91. The van der Waals surface area contributed by atoms with Gasteiger partial charge in [-0.25, -0.2) is 9.59 Å². The molecule has 0 saturated carbocycles. The summed E-state index contributed by atoms with van der Waals surface area (Å²) in [4.78, 5) is 25.9. The Labute approximate surface area is 165 Å². The summed E-state index contributed by atoms with van der Waals surface area (Å²) in [6.07, 6.45) is 10.6. The topological polar surface area (TPSA) is 55.8 Å². The van der Waals surface area contributed by atoms with Crippen molar-refractivity contribution in [2.75, 3.05) is 11.9 Å². The van der Waals surface area contributed by atoms with E-state index in [0.717, 1.165) is 0 Å². The van der Waals surface area contributed by atoms with Crippen molar-refractivity contribution < 1.29 is 19.1 Å². The molecule has 2 heterocycles. The van der Waals surface area contributed by atoms with Gasteiger partial charge in [-0.3, -0.25) is 0 Å². The molecule has 3 rings (SSSR count). The van der Waals surface area contributed by atoms with Crippen molar-refractivity contribution in [2.45, 2.75) is 38.9 Å². The number of allylic oxidation sites excluding steroid dienone is 7. The zero-order valence-electron chi connectivity index (χ0n) is 16.9. The van der Waals surface area contributed by atoms with Crippen LogP contribution < -0.4 is 4.90 Å². The third kappa shape index (κ3) is 3.65. The standard InChI is InChI=1S/C23H25NO4/c1-22(2)17-13-10-11-14-18(17)24(5)19(22)15-9-7-6-8-12-16-20(25)27-23(3,4)28-21(16)26/h6-15H,1-5H3/b8-6+,9-7+,19-15-. The van der Waals surface area contributed by atoms with Gasteiger partial charge in [0.25, 0.3) is 5.79 Å². The molecule has 0 N–H and O–H groups in total. The number of rotatable bonds is 3. The van der Waals surface area contributed by atoms with E-state index in [0.29, 0.717) is 0 Å². The van der Waals surface area contributed by atoms with Gasteiger partial charge in [0.1, 0.15) is 5.57 Å². The van der Waals surface area contributed by atoms with Gasteiger partial charge in [-0.05, 0) is 23.8 Å². The molecule has 2 aliphatic heterocycles. The molecule has 5 nitrogen and oxygen atoms in total. The summed E-state index contributed by atoms with van der Waals surface area (Å²) in [7, 11) is 2.06. The molecule has 0 radical (unpaired) electrons. The van der Waals surface area contributed by atoms with Crippen LogP contribution in [0.3, 0.4) is 0 Å². The number of carbonyl (C=O) groups excluding carboxylic acids is 2. The van der Waals surface area contributed by atoms with Crippen LogP contribution in [-0.2, 0) is 24.5 Å². The minimum Gasteiger partial charge on any atom is -0.419 e. The van der Waals surface area contributed by atoms with Gasteiger partial charge in [0, 0.05) is 37.7 Å². The average molecular weight is 379 g/mol. The van der Waals surface area contributed by atoms with Crippen molar-refractivity contribution in [1.82, 2.24) is 0 Å². The smallest absolute Gasteiger partial charge is 0.348 e. The fraction of sp³-hybridized carbons (Fsp3) is 0.304. The highest BCUT2D eigenvalue weighted by molar-refractivity contribution is 6.15. The predicted molar refractivity (Wildman–Crippen MR) is 109 cm³/mol. The lowest BCUT2D eigenvalue weighted by atomic mass is 9.84. The largest absolute Gasteiger partial charge is 0.419 e. The van der Waals surface area contributed by atoms with Gasteiger partial charge in [0.2, 0.25) is 0 Å². The van der Waals surface area contributed by atoms with Crippen LogP contribution in [0.15, 0.2) is 72.0 Å². The van der Waals surface area contributed by atoms with Gasteiger partial charge in [0.15, 0.2) is 0 Å². The highest BCUT2D eigenvalue weighted by Crippen LogP contribution is 2.46. The summed E-state index contributed by atoms with van der Waals surface area (Å²) < 4.78 is 10.1. The number of para-hydroxylation sites is 1. The molecule has 1 fully saturated rings. The van der Waals surface area contributed by atoms with E-state index < -0.39 is 17.7 Å². The Kier molecular flexibility index (Phi) is 5.02. The Morgan fingerprint density at radius 3 is 2.04 bits per heavy atom. The Bertz CT molecular complexity index is 910. The Balaban J connectivity index is 1.71. The van der Waals surface area contributed by atoms with E-state index in [2.05, 4.69) is 50.1 Å². The number of esters is 2. The van der Waals surface area contributed by atoms with Gasteiger partial charge in [-0.1, -0.05) is 56.4 Å². The molecule has 0 bridgehead atoms. The van der Waals surface area contributed by atoms with E-state index >= 15 is 0 Å². The van der Waals surface area contributed by atoms with Crippen molar-refractivity contribution in [2.24, 2.45) is 0 Å². The van der Waals surface area contributed by atoms with Crippen molar-refractivity contribution in [3.8, 4) is 0 Å². The van der Waals surface area contributed by atoms with Crippen LogP contribution in [0.4, 0.5) is 5.69 Å². The number of carbonyl (C=O) groups is 2. The number of nitrogens with zero attached hydrogens (tertiary/aromatic N) is 1. The Morgan fingerprint density at radius 2 is 1.43 bits per heavy atom. The van der Waals surface area contributed by atoms with Crippen LogP contribution >= 0.6 is 0 Å². The van der Waals surface area contributed by atoms with Crippen LogP contribution in [0.5, 0.6) is 0 Å². The van der Waals surface area contributed by atoms with Crippen molar-refractivity contribution in [3.63, 3.8) is 0 Å². The maximum Gasteiger partial charge on any atom is 0.348 e. The van der Waals surface area contributed by atoms with Gasteiger partial charge in [0.05, 0.1) is 0 Å². The number of hydrogen-bond donors (Lipinski definition) is 0. The molecule has 0 amide bonds. The zero-order valence-corrected chi connectivity index (χ0v) is 16.9. The summed E-state index contributed by atoms with van der Waals surface area (Å²) in [6, 6.07) is 8.39. The van der Waals surface area contributed by atoms with Gasteiger partial charge in [-0.2, -0.15) is 0 Å². The molecule has 1 saturated heterocycles. The molecule has 0 atom stereocenters. The lowest BCUT2D eigenvalue weighted by Gasteiger charge is -2.29. The molecular formula is C23H25NO4. The fourth-order valence-electron chi connectivity index (χ4n) is 3.53. The first-order chi connectivity index (χ1) is 13.1. The van der Waals surface area contributed by atoms with E-state index in [1.165, 1.54) is 36.9 Å². The molecule has 0 aromatic heterocycles. The maximum atomic E-state index is 11.9. The molecule has 0 spiro atoms. The quantitative estimate of drug-likeness (QED) is 0.341. The van der Waals surface area contributed by atoms with Crippen LogP contribution in [-0.4, -0.2) is 24.8 Å². The Morgan fingerprint density at radius 1 is 0.857 bits per heavy atom. The Hall–Kier alpha value is -3.08. The van der Waals surface area contributed by atoms with Gasteiger partial charge in [-0.15, -0.1) is 0 Å². The van der Waals surface area contributed by atoms with E-state index in [1.54, 1.807) is 12.2 Å². The summed E-state index contributed by atoms with van der Waals surface area (Å²) in [5.41, 5.74) is 3.51. The summed E-state index contributed by atoms with van der Waals surface area (Å²) >= 11 is 0. The fourth-order valence-corrected chi connectivity index (χ4v) is 3.53. The highest BCUT2D eigenvalue weighted by Gasteiger charge is 2.39.